The fraction of sp³-hybridized carbons (Fsp3) is 0.536. The van der Waals surface area contributed by atoms with Gasteiger partial charge in [0.15, 0.2) is 17.6 Å². The Morgan fingerprint density at radius 3 is 2.79 bits per heavy atom. The van der Waals surface area contributed by atoms with Gasteiger partial charge in [-0.15, -0.1) is 0 Å². The van der Waals surface area contributed by atoms with Gasteiger partial charge in [-0.1, -0.05) is 11.8 Å². The number of fused-ring (bicyclic) bond motifs is 1. The molecule has 206 valence electrons. The molecule has 0 saturated carbocycles. The molecule has 1 amide bonds. The van der Waals surface area contributed by atoms with Crippen LogP contribution in [0.1, 0.15) is 43.9 Å². The van der Waals surface area contributed by atoms with Gasteiger partial charge in [-0.05, 0) is 51.8 Å². The predicted molar refractivity (Wildman–Crippen MR) is 140 cm³/mol. The van der Waals surface area contributed by atoms with Crippen molar-refractivity contribution >= 4 is 16.9 Å². The molecule has 3 heterocycles. The molecule has 1 aliphatic rings. The van der Waals surface area contributed by atoms with Gasteiger partial charge in [0.2, 0.25) is 0 Å². The van der Waals surface area contributed by atoms with Crippen molar-refractivity contribution in [2.75, 3.05) is 26.4 Å². The summed E-state index contributed by atoms with van der Waals surface area (Å²) in [5.74, 6) is 1.59. The van der Waals surface area contributed by atoms with Crippen LogP contribution in [0.15, 0.2) is 30.3 Å². The average molecular weight is 526 g/mol. The summed E-state index contributed by atoms with van der Waals surface area (Å²) in [6, 6.07) is 8.92. The Bertz CT molecular complexity index is 1250. The number of benzene rings is 1. The van der Waals surface area contributed by atoms with E-state index < -0.39 is 6.10 Å². The molecule has 1 aliphatic heterocycles. The zero-order valence-electron chi connectivity index (χ0n) is 22.6. The number of amides is 1. The van der Waals surface area contributed by atoms with Crippen LogP contribution in [0.4, 0.5) is 0 Å². The zero-order valence-corrected chi connectivity index (χ0v) is 22.6. The molecule has 0 spiro atoms. The fourth-order valence-corrected chi connectivity index (χ4v) is 5.13. The molecule has 10 nitrogen and oxygen atoms in total. The van der Waals surface area contributed by atoms with E-state index in [1.165, 1.54) is 11.0 Å². The summed E-state index contributed by atoms with van der Waals surface area (Å²) < 4.78 is 16.0. The quantitative estimate of drug-likeness (QED) is 0.362. The molecule has 0 unspecified atom stereocenters. The van der Waals surface area contributed by atoms with E-state index in [-0.39, 0.29) is 37.0 Å². The minimum absolute atomic E-state index is 0.0113. The first kappa shape index (κ1) is 27.8. The third kappa shape index (κ3) is 6.43. The molecule has 1 aromatic carbocycles. The van der Waals surface area contributed by atoms with E-state index in [2.05, 4.69) is 21.0 Å². The normalized spacial score (nSPS) is 15.1. The Hall–Kier alpha value is -3.21. The van der Waals surface area contributed by atoms with E-state index in [9.17, 15) is 15.0 Å². The molecule has 10 heteroatoms. The van der Waals surface area contributed by atoms with E-state index >= 15 is 0 Å². The molecule has 1 saturated heterocycles. The SMILES string of the molecule is CCn1c(CN)[n+](CC2CCOCC2)c2ccc(OCC(=O)N(Cc3nc(C)ccc3[O-])C[C@H](C)O)cc21. The molecule has 38 heavy (non-hydrogen) atoms. The number of hydrogen-bond donors (Lipinski definition) is 2. The first-order valence-corrected chi connectivity index (χ1v) is 13.4. The van der Waals surface area contributed by atoms with Crippen LogP contribution < -0.4 is 20.1 Å². The molecular weight excluding hydrogens is 486 g/mol. The molecule has 1 fully saturated rings. The third-order valence-electron chi connectivity index (χ3n) is 7.04. The Labute approximate surface area is 223 Å². The van der Waals surface area contributed by atoms with Crippen molar-refractivity contribution in [1.82, 2.24) is 14.5 Å². The number of rotatable bonds is 11. The van der Waals surface area contributed by atoms with Gasteiger partial charge in [-0.2, -0.15) is 0 Å². The highest BCUT2D eigenvalue weighted by Gasteiger charge is 2.27. The number of pyridine rings is 1. The molecule has 4 rings (SSSR count). The van der Waals surface area contributed by atoms with Crippen molar-refractivity contribution in [3.8, 4) is 11.5 Å². The van der Waals surface area contributed by atoms with Crippen molar-refractivity contribution in [3.05, 3.63) is 47.5 Å². The molecule has 0 aliphatic carbocycles. The van der Waals surface area contributed by atoms with Crippen molar-refractivity contribution in [2.45, 2.75) is 65.9 Å². The van der Waals surface area contributed by atoms with Crippen LogP contribution in [-0.4, -0.2) is 57.9 Å². The number of carbonyl (C=O) groups is 1. The number of carbonyl (C=O) groups excluding carboxylic acids is 1. The maximum atomic E-state index is 13.1. The molecule has 3 aromatic rings. The lowest BCUT2D eigenvalue weighted by Gasteiger charge is -2.26. The zero-order chi connectivity index (χ0) is 27.2. The second-order valence-electron chi connectivity index (χ2n) is 9.99. The van der Waals surface area contributed by atoms with Crippen LogP contribution in [-0.2, 0) is 35.7 Å². The summed E-state index contributed by atoms with van der Waals surface area (Å²) >= 11 is 0. The van der Waals surface area contributed by atoms with Gasteiger partial charge in [0.1, 0.15) is 5.75 Å². The number of aliphatic hydroxyl groups excluding tert-OH is 1. The Morgan fingerprint density at radius 1 is 1.34 bits per heavy atom. The third-order valence-corrected chi connectivity index (χ3v) is 7.04. The number of aryl methyl sites for hydroxylation is 2. The lowest BCUT2D eigenvalue weighted by Crippen LogP contribution is -2.43. The number of aliphatic hydroxyl groups is 1. The first-order valence-electron chi connectivity index (χ1n) is 13.4. The van der Waals surface area contributed by atoms with Crippen LogP contribution in [0.25, 0.3) is 11.0 Å². The van der Waals surface area contributed by atoms with Crippen molar-refractivity contribution in [1.29, 1.82) is 0 Å². The number of hydrogen-bond acceptors (Lipinski definition) is 7. The minimum atomic E-state index is -0.760. The molecule has 3 N–H and O–H groups in total. The maximum absolute atomic E-state index is 13.1. The highest BCUT2D eigenvalue weighted by molar-refractivity contribution is 5.78. The van der Waals surface area contributed by atoms with Crippen LogP contribution in [0, 0.1) is 12.8 Å². The second-order valence-corrected chi connectivity index (χ2v) is 9.99. The molecule has 1 atom stereocenters. The predicted octanol–water partition coefficient (Wildman–Crippen LogP) is 1.40. The van der Waals surface area contributed by atoms with Crippen molar-refractivity contribution in [3.63, 3.8) is 0 Å². The van der Waals surface area contributed by atoms with Crippen LogP contribution in [0.3, 0.4) is 0 Å². The minimum Gasteiger partial charge on any atom is -0.871 e. The van der Waals surface area contributed by atoms with E-state index in [0.717, 1.165) is 56.0 Å². The van der Waals surface area contributed by atoms with Gasteiger partial charge in [0.05, 0.1) is 38.0 Å². The standard InChI is InChI=1S/C28H39N5O5/c1-4-32-25-13-22(6-7-24(25)33(27(32)14-29)16-21-9-11-37-12-10-21)38-18-28(36)31(15-20(3)34)17-23-26(35)8-5-19(2)30-23/h5-8,13,20-21,34H,4,9-12,14-18,29H2,1-3H3/t20-/m0/s1. The van der Waals surface area contributed by atoms with E-state index in [0.29, 0.717) is 23.9 Å². The lowest BCUT2D eigenvalue weighted by molar-refractivity contribution is -0.687. The monoisotopic (exact) mass is 525 g/mol. The number of ether oxygens (including phenoxy) is 2. The van der Waals surface area contributed by atoms with E-state index in [1.54, 1.807) is 19.9 Å². The molecule has 2 aromatic heterocycles. The first-order chi connectivity index (χ1) is 18.3. The summed E-state index contributed by atoms with van der Waals surface area (Å²) in [6.07, 6.45) is 1.31. The van der Waals surface area contributed by atoms with Gasteiger partial charge < -0.3 is 30.3 Å². The van der Waals surface area contributed by atoms with Crippen LogP contribution in [0.5, 0.6) is 11.5 Å². The largest absolute Gasteiger partial charge is 0.871 e. The summed E-state index contributed by atoms with van der Waals surface area (Å²) in [5, 5.41) is 22.2. The van der Waals surface area contributed by atoms with Gasteiger partial charge in [0, 0.05) is 37.4 Å². The fourth-order valence-electron chi connectivity index (χ4n) is 5.13. The van der Waals surface area contributed by atoms with Gasteiger partial charge in [-0.3, -0.25) is 9.78 Å². The summed E-state index contributed by atoms with van der Waals surface area (Å²) in [5.41, 5.74) is 9.24. The highest BCUT2D eigenvalue weighted by atomic mass is 16.5. The Balaban J connectivity index is 1.52. The molecule has 0 bridgehead atoms. The van der Waals surface area contributed by atoms with Crippen molar-refractivity contribution < 1.29 is 29.0 Å². The topological polar surface area (TPSA) is 130 Å². The number of aromatic nitrogens is 3. The van der Waals surface area contributed by atoms with Crippen LogP contribution >= 0.6 is 0 Å². The number of nitrogens with two attached hydrogens (primary N) is 1. The average Bonchev–Trinajstić information content (AvgIpc) is 3.20. The van der Waals surface area contributed by atoms with E-state index in [1.807, 2.05) is 18.2 Å². The Morgan fingerprint density at radius 2 is 2.11 bits per heavy atom. The van der Waals surface area contributed by atoms with Gasteiger partial charge >= 0.3 is 0 Å². The van der Waals surface area contributed by atoms with Crippen LogP contribution in [0.2, 0.25) is 0 Å². The highest BCUT2D eigenvalue weighted by Crippen LogP contribution is 2.24. The lowest BCUT2D eigenvalue weighted by atomic mass is 10.0. The number of nitrogens with zero attached hydrogens (tertiary/aromatic N) is 4. The summed E-state index contributed by atoms with van der Waals surface area (Å²) in [4.78, 5) is 18.8. The number of imidazole rings is 1. The molecular formula is C28H39N5O5. The Kier molecular flexibility index (Phi) is 9.19. The maximum Gasteiger partial charge on any atom is 0.271 e. The summed E-state index contributed by atoms with van der Waals surface area (Å²) in [6.45, 7) is 8.99. The smallest absolute Gasteiger partial charge is 0.271 e. The van der Waals surface area contributed by atoms with E-state index in [4.69, 9.17) is 15.2 Å². The van der Waals surface area contributed by atoms with Crippen molar-refractivity contribution in [2.24, 2.45) is 11.7 Å². The van der Waals surface area contributed by atoms with Gasteiger partial charge in [0.25, 0.3) is 11.7 Å². The second kappa shape index (κ2) is 12.6. The molecule has 0 radical (unpaired) electrons. The summed E-state index contributed by atoms with van der Waals surface area (Å²) in [7, 11) is 0. The van der Waals surface area contributed by atoms with Gasteiger partial charge in [-0.25, -0.2) is 9.13 Å².